The van der Waals surface area contributed by atoms with Crippen molar-refractivity contribution >= 4 is 10.3 Å². The van der Waals surface area contributed by atoms with Crippen LogP contribution in [0.15, 0.2) is 12.7 Å². The number of fused-ring (bicyclic) bond motifs is 1. The molecule has 2 aliphatic rings. The Kier molecular flexibility index (Phi) is 3.13. The Balaban J connectivity index is 2.17. The van der Waals surface area contributed by atoms with Crippen molar-refractivity contribution in [1.29, 1.82) is 0 Å². The van der Waals surface area contributed by atoms with Crippen LogP contribution in [-0.2, 0) is 14.5 Å². The van der Waals surface area contributed by atoms with E-state index in [2.05, 4.69) is 11.3 Å². The van der Waals surface area contributed by atoms with Gasteiger partial charge in [0.2, 0.25) is 0 Å². The van der Waals surface area contributed by atoms with Crippen molar-refractivity contribution in [1.82, 2.24) is 4.72 Å². The third-order valence-corrected chi connectivity index (χ3v) is 4.33. The van der Waals surface area contributed by atoms with E-state index in [0.29, 0.717) is 12.3 Å². The molecule has 3 atom stereocenters. The van der Waals surface area contributed by atoms with E-state index in [1.165, 1.54) is 6.42 Å². The van der Waals surface area contributed by atoms with Crippen molar-refractivity contribution in [2.75, 3.05) is 0 Å². The fourth-order valence-electron chi connectivity index (χ4n) is 2.57. The van der Waals surface area contributed by atoms with Crippen LogP contribution in [0.25, 0.3) is 0 Å². The van der Waals surface area contributed by atoms with Gasteiger partial charge in [0.1, 0.15) is 0 Å². The van der Waals surface area contributed by atoms with Crippen LogP contribution < -0.4 is 4.72 Å². The van der Waals surface area contributed by atoms with Crippen LogP contribution in [0.5, 0.6) is 0 Å². The van der Waals surface area contributed by atoms with Crippen molar-refractivity contribution in [2.45, 2.75) is 44.2 Å². The molecule has 0 amide bonds. The van der Waals surface area contributed by atoms with Crippen LogP contribution in [0.4, 0.5) is 0 Å². The lowest BCUT2D eigenvalue weighted by Gasteiger charge is -2.40. The molecule has 0 spiro atoms. The van der Waals surface area contributed by atoms with Gasteiger partial charge >= 0.3 is 10.3 Å². The second-order valence-corrected chi connectivity index (χ2v) is 5.62. The number of hydrogen-bond donors (Lipinski definition) is 1. The van der Waals surface area contributed by atoms with Crippen molar-refractivity contribution in [3.63, 3.8) is 0 Å². The molecule has 1 aliphatic heterocycles. The van der Waals surface area contributed by atoms with Gasteiger partial charge in [-0.15, -0.1) is 6.58 Å². The Morgan fingerprint density at radius 1 is 1.40 bits per heavy atom. The lowest BCUT2D eigenvalue weighted by Crippen LogP contribution is -2.53. The third-order valence-electron chi connectivity index (χ3n) is 3.24. The molecule has 0 radical (unpaired) electrons. The maximum atomic E-state index is 11.4. The molecule has 1 aliphatic carbocycles. The van der Waals surface area contributed by atoms with Crippen LogP contribution in [0, 0.1) is 5.92 Å². The monoisotopic (exact) mass is 231 g/mol. The molecule has 0 aromatic carbocycles. The number of nitrogens with one attached hydrogen (secondary N) is 1. The summed E-state index contributed by atoms with van der Waals surface area (Å²) in [6.45, 7) is 3.66. The molecule has 2 rings (SSSR count). The molecule has 86 valence electrons. The first-order chi connectivity index (χ1) is 7.12. The van der Waals surface area contributed by atoms with E-state index in [9.17, 15) is 8.42 Å². The summed E-state index contributed by atoms with van der Waals surface area (Å²) in [5, 5.41) is 0. The highest BCUT2D eigenvalue weighted by atomic mass is 32.2. The standard InChI is InChI=1S/C10H17NO3S/c1-2-5-9-8-6-3-4-7-10(8)14-15(12,13)11-9/h2,8-11H,1,3-7H2/t8-,9-,10-/m0/s1. The molecule has 0 unspecified atom stereocenters. The summed E-state index contributed by atoms with van der Waals surface area (Å²) in [4.78, 5) is 0. The molecule has 1 N–H and O–H groups in total. The molecule has 0 aromatic rings. The Bertz CT molecular complexity index is 339. The van der Waals surface area contributed by atoms with Crippen LogP contribution in [0.1, 0.15) is 32.1 Å². The van der Waals surface area contributed by atoms with Crippen LogP contribution >= 0.6 is 0 Å². The van der Waals surface area contributed by atoms with Gasteiger partial charge in [0, 0.05) is 12.0 Å². The van der Waals surface area contributed by atoms with E-state index in [1.807, 2.05) is 0 Å². The van der Waals surface area contributed by atoms with E-state index in [0.717, 1.165) is 19.3 Å². The predicted molar refractivity (Wildman–Crippen MR) is 57.5 cm³/mol. The lowest BCUT2D eigenvalue weighted by molar-refractivity contribution is 0.0557. The zero-order valence-electron chi connectivity index (χ0n) is 8.69. The van der Waals surface area contributed by atoms with Crippen LogP contribution in [0.3, 0.4) is 0 Å². The van der Waals surface area contributed by atoms with Gasteiger partial charge in [-0.25, -0.2) is 0 Å². The van der Waals surface area contributed by atoms with E-state index in [1.54, 1.807) is 6.08 Å². The minimum Gasteiger partial charge on any atom is -0.254 e. The van der Waals surface area contributed by atoms with Gasteiger partial charge in [-0.05, 0) is 19.3 Å². The summed E-state index contributed by atoms with van der Waals surface area (Å²) in [6.07, 6.45) is 6.48. The molecule has 5 heteroatoms. The normalized spacial score (nSPS) is 39.3. The maximum absolute atomic E-state index is 11.4. The average molecular weight is 231 g/mol. The second kappa shape index (κ2) is 4.23. The van der Waals surface area contributed by atoms with E-state index in [4.69, 9.17) is 4.18 Å². The number of rotatable bonds is 2. The average Bonchev–Trinajstić information content (AvgIpc) is 2.16. The summed E-state index contributed by atoms with van der Waals surface area (Å²) in [6, 6.07) is -0.0217. The van der Waals surface area contributed by atoms with E-state index < -0.39 is 10.3 Å². The Morgan fingerprint density at radius 3 is 2.87 bits per heavy atom. The molecule has 4 nitrogen and oxygen atoms in total. The summed E-state index contributed by atoms with van der Waals surface area (Å²) in [5.41, 5.74) is 0. The predicted octanol–water partition coefficient (Wildman–Crippen LogP) is 1.35. The fraction of sp³-hybridized carbons (Fsp3) is 0.800. The Hall–Kier alpha value is -0.390. The quantitative estimate of drug-likeness (QED) is 0.730. The van der Waals surface area contributed by atoms with Gasteiger partial charge in [0.25, 0.3) is 0 Å². The van der Waals surface area contributed by atoms with Gasteiger partial charge in [-0.2, -0.15) is 13.1 Å². The summed E-state index contributed by atoms with van der Waals surface area (Å²) in [5.74, 6) is 0.320. The topological polar surface area (TPSA) is 55.4 Å². The van der Waals surface area contributed by atoms with Crippen molar-refractivity contribution in [3.05, 3.63) is 12.7 Å². The fourth-order valence-corrected chi connectivity index (χ4v) is 3.83. The molecule has 1 saturated carbocycles. The highest BCUT2D eigenvalue weighted by Gasteiger charge is 2.41. The largest absolute Gasteiger partial charge is 0.336 e. The highest BCUT2D eigenvalue weighted by Crippen LogP contribution is 2.34. The van der Waals surface area contributed by atoms with Gasteiger partial charge in [-0.3, -0.25) is 4.18 Å². The van der Waals surface area contributed by atoms with Crippen LogP contribution in [0.2, 0.25) is 0 Å². The van der Waals surface area contributed by atoms with E-state index in [-0.39, 0.29) is 12.1 Å². The van der Waals surface area contributed by atoms with Gasteiger partial charge in [0.15, 0.2) is 0 Å². The first-order valence-electron chi connectivity index (χ1n) is 5.44. The Labute approximate surface area is 91.0 Å². The van der Waals surface area contributed by atoms with Crippen molar-refractivity contribution in [3.8, 4) is 0 Å². The number of hydrogen-bond acceptors (Lipinski definition) is 3. The molecular formula is C10H17NO3S. The smallest absolute Gasteiger partial charge is 0.254 e. The summed E-state index contributed by atoms with van der Waals surface area (Å²) < 4.78 is 30.5. The Morgan fingerprint density at radius 2 is 2.13 bits per heavy atom. The van der Waals surface area contributed by atoms with Crippen molar-refractivity contribution in [2.24, 2.45) is 5.92 Å². The molecule has 15 heavy (non-hydrogen) atoms. The minimum absolute atomic E-state index is 0.0217. The zero-order valence-corrected chi connectivity index (χ0v) is 9.50. The molecular weight excluding hydrogens is 214 g/mol. The molecule has 0 aromatic heterocycles. The maximum Gasteiger partial charge on any atom is 0.336 e. The third kappa shape index (κ3) is 2.41. The SMILES string of the molecule is C=CC[C@@H]1NS(=O)(=O)O[C@H]2CCCC[C@@H]12. The van der Waals surface area contributed by atoms with Gasteiger partial charge < -0.3 is 0 Å². The molecule has 0 bridgehead atoms. The molecule has 2 fully saturated rings. The van der Waals surface area contributed by atoms with Crippen molar-refractivity contribution < 1.29 is 12.6 Å². The van der Waals surface area contributed by atoms with Crippen LogP contribution in [-0.4, -0.2) is 20.6 Å². The summed E-state index contributed by atoms with van der Waals surface area (Å²) in [7, 11) is -3.52. The molecule has 1 heterocycles. The van der Waals surface area contributed by atoms with Gasteiger partial charge in [-0.1, -0.05) is 18.9 Å². The lowest BCUT2D eigenvalue weighted by atomic mass is 9.81. The van der Waals surface area contributed by atoms with E-state index >= 15 is 0 Å². The highest BCUT2D eigenvalue weighted by molar-refractivity contribution is 7.84. The first-order valence-corrected chi connectivity index (χ1v) is 6.84. The first kappa shape index (κ1) is 11.1. The zero-order chi connectivity index (χ0) is 10.9. The second-order valence-electron chi connectivity index (χ2n) is 4.29. The minimum atomic E-state index is -3.52. The summed E-state index contributed by atoms with van der Waals surface area (Å²) >= 11 is 0. The molecule has 1 saturated heterocycles. The van der Waals surface area contributed by atoms with Gasteiger partial charge in [0.05, 0.1) is 6.10 Å².